The molecule has 0 aliphatic rings. The molecule has 120 valence electrons. The van der Waals surface area contributed by atoms with Gasteiger partial charge in [0.2, 0.25) is 0 Å². The van der Waals surface area contributed by atoms with Crippen molar-refractivity contribution in [3.63, 3.8) is 0 Å². The van der Waals surface area contributed by atoms with Gasteiger partial charge < -0.3 is 10.6 Å². The quantitative estimate of drug-likeness (QED) is 0.748. The molecular weight excluding hydrogens is 288 g/mol. The Balaban J connectivity index is 2.08. The molecule has 2 N–H and O–H groups in total. The van der Waals surface area contributed by atoms with E-state index in [9.17, 15) is 9.00 Å². The standard InChI is InChI=1S/C14H26N4O2S/c1-12-10-17-18(11-12)8-5-6-15-13(19)16-7-9-21(20)14(2,3)4/h10-11H,5-9H2,1-4H3,(H2,15,16,19). The fourth-order valence-electron chi connectivity index (χ4n) is 1.66. The lowest BCUT2D eigenvalue weighted by Gasteiger charge is -2.17. The van der Waals surface area contributed by atoms with Crippen molar-refractivity contribution in [1.82, 2.24) is 20.4 Å². The summed E-state index contributed by atoms with van der Waals surface area (Å²) in [7, 11) is -0.938. The lowest BCUT2D eigenvalue weighted by molar-refractivity contribution is 0.241. The highest BCUT2D eigenvalue weighted by Crippen LogP contribution is 2.10. The second-order valence-corrected chi connectivity index (χ2v) is 8.30. The number of rotatable bonds is 7. The second kappa shape index (κ2) is 8.17. The van der Waals surface area contributed by atoms with Crippen LogP contribution in [0.3, 0.4) is 0 Å². The normalized spacial score (nSPS) is 13.0. The summed E-state index contributed by atoms with van der Waals surface area (Å²) < 4.78 is 13.4. The third-order valence-electron chi connectivity index (χ3n) is 2.87. The van der Waals surface area contributed by atoms with Crippen LogP contribution in [0.15, 0.2) is 12.4 Å². The van der Waals surface area contributed by atoms with Gasteiger partial charge in [-0.15, -0.1) is 0 Å². The SMILES string of the molecule is Cc1cnn(CCCNC(=O)NCCS(=O)C(C)(C)C)c1. The van der Waals surface area contributed by atoms with Crippen molar-refractivity contribution in [2.75, 3.05) is 18.8 Å². The molecule has 1 aromatic heterocycles. The molecule has 7 heteroatoms. The lowest BCUT2D eigenvalue weighted by Crippen LogP contribution is -2.39. The number of carbonyl (C=O) groups excluding carboxylic acids is 1. The molecule has 1 rings (SSSR count). The summed E-state index contributed by atoms with van der Waals surface area (Å²) in [6.07, 6.45) is 4.61. The number of nitrogens with one attached hydrogen (secondary N) is 2. The van der Waals surface area contributed by atoms with Gasteiger partial charge in [0.1, 0.15) is 0 Å². The monoisotopic (exact) mass is 314 g/mol. The summed E-state index contributed by atoms with van der Waals surface area (Å²) in [5.74, 6) is 0.476. The van der Waals surface area contributed by atoms with Crippen LogP contribution in [0.2, 0.25) is 0 Å². The first kappa shape index (κ1) is 17.7. The van der Waals surface area contributed by atoms with E-state index in [-0.39, 0.29) is 10.8 Å². The van der Waals surface area contributed by atoms with Crippen molar-refractivity contribution < 1.29 is 9.00 Å². The van der Waals surface area contributed by atoms with E-state index >= 15 is 0 Å². The van der Waals surface area contributed by atoms with Crippen LogP contribution < -0.4 is 10.6 Å². The van der Waals surface area contributed by atoms with Crippen LogP contribution in [-0.2, 0) is 17.3 Å². The Labute approximate surface area is 129 Å². The number of hydrogen-bond acceptors (Lipinski definition) is 3. The van der Waals surface area contributed by atoms with Gasteiger partial charge in [0.25, 0.3) is 0 Å². The smallest absolute Gasteiger partial charge is 0.314 e. The molecule has 0 spiro atoms. The molecule has 21 heavy (non-hydrogen) atoms. The number of aryl methyl sites for hydroxylation is 2. The maximum atomic E-state index is 11.8. The molecule has 2 amide bonds. The summed E-state index contributed by atoms with van der Waals surface area (Å²) in [5, 5.41) is 9.68. The van der Waals surface area contributed by atoms with Gasteiger partial charge >= 0.3 is 6.03 Å². The molecular formula is C14H26N4O2S. The maximum absolute atomic E-state index is 11.8. The van der Waals surface area contributed by atoms with E-state index in [1.54, 1.807) is 0 Å². The highest BCUT2D eigenvalue weighted by atomic mass is 32.2. The molecule has 0 saturated heterocycles. The van der Waals surface area contributed by atoms with Crippen molar-refractivity contribution >= 4 is 16.8 Å². The van der Waals surface area contributed by atoms with Crippen molar-refractivity contribution in [3.8, 4) is 0 Å². The average Bonchev–Trinajstić information content (AvgIpc) is 2.79. The summed E-state index contributed by atoms with van der Waals surface area (Å²) >= 11 is 0. The van der Waals surface area contributed by atoms with Crippen molar-refractivity contribution in [3.05, 3.63) is 18.0 Å². The first-order chi connectivity index (χ1) is 9.79. The first-order valence-corrected chi connectivity index (χ1v) is 8.50. The van der Waals surface area contributed by atoms with Crippen LogP contribution >= 0.6 is 0 Å². The number of amides is 2. The Hall–Kier alpha value is -1.37. The molecule has 1 unspecified atom stereocenters. The third kappa shape index (κ3) is 7.27. The van der Waals surface area contributed by atoms with Gasteiger partial charge in [-0.25, -0.2) is 4.79 Å². The van der Waals surface area contributed by atoms with Gasteiger partial charge in [0, 0.05) is 47.1 Å². The van der Waals surface area contributed by atoms with Gasteiger partial charge in [-0.2, -0.15) is 5.10 Å². The minimum Gasteiger partial charge on any atom is -0.338 e. The minimum atomic E-state index is -0.938. The second-order valence-electron chi connectivity index (χ2n) is 5.98. The molecule has 0 saturated carbocycles. The predicted molar refractivity (Wildman–Crippen MR) is 85.7 cm³/mol. The summed E-state index contributed by atoms with van der Waals surface area (Å²) in [4.78, 5) is 11.5. The number of nitrogens with zero attached hydrogens (tertiary/aromatic N) is 2. The van der Waals surface area contributed by atoms with Crippen LogP contribution in [-0.4, -0.2) is 43.6 Å². The molecule has 0 aliphatic carbocycles. The Morgan fingerprint density at radius 1 is 1.33 bits per heavy atom. The van der Waals surface area contributed by atoms with Crippen LogP contribution in [0.25, 0.3) is 0 Å². The minimum absolute atomic E-state index is 0.211. The Bertz CT molecular complexity index is 480. The highest BCUT2D eigenvalue weighted by molar-refractivity contribution is 7.86. The Morgan fingerprint density at radius 2 is 2.00 bits per heavy atom. The first-order valence-electron chi connectivity index (χ1n) is 7.18. The van der Waals surface area contributed by atoms with Crippen molar-refractivity contribution in [1.29, 1.82) is 0 Å². The van der Waals surface area contributed by atoms with Crippen LogP contribution in [0.4, 0.5) is 4.79 Å². The van der Waals surface area contributed by atoms with E-state index in [0.717, 1.165) is 18.5 Å². The molecule has 0 bridgehead atoms. The topological polar surface area (TPSA) is 76.0 Å². The molecule has 0 fully saturated rings. The van der Waals surface area contributed by atoms with Gasteiger partial charge in [0.15, 0.2) is 0 Å². The Morgan fingerprint density at radius 3 is 2.57 bits per heavy atom. The molecule has 6 nitrogen and oxygen atoms in total. The molecule has 1 atom stereocenters. The third-order valence-corrected chi connectivity index (χ3v) is 4.81. The van der Waals surface area contributed by atoms with Crippen molar-refractivity contribution in [2.24, 2.45) is 0 Å². The molecule has 1 heterocycles. The number of aromatic nitrogens is 2. The summed E-state index contributed by atoms with van der Waals surface area (Å²) in [6, 6.07) is -0.211. The van der Waals surface area contributed by atoms with Gasteiger partial charge in [-0.3, -0.25) is 8.89 Å². The highest BCUT2D eigenvalue weighted by Gasteiger charge is 2.18. The van der Waals surface area contributed by atoms with Gasteiger partial charge in [0.05, 0.1) is 6.20 Å². The van der Waals surface area contributed by atoms with E-state index in [2.05, 4.69) is 15.7 Å². The van der Waals surface area contributed by atoms with Crippen molar-refractivity contribution in [2.45, 2.75) is 45.4 Å². The number of hydrogen-bond donors (Lipinski definition) is 2. The number of carbonyl (C=O) groups is 1. The zero-order valence-corrected chi connectivity index (χ0v) is 14.1. The van der Waals surface area contributed by atoms with E-state index in [0.29, 0.717) is 18.8 Å². The van der Waals surface area contributed by atoms with Crippen LogP contribution in [0, 0.1) is 6.92 Å². The zero-order chi connectivity index (χ0) is 15.9. The lowest BCUT2D eigenvalue weighted by atomic mass is 10.3. The molecule has 0 aliphatic heterocycles. The van der Waals surface area contributed by atoms with Crippen LogP contribution in [0.1, 0.15) is 32.8 Å². The predicted octanol–water partition coefficient (Wildman–Crippen LogP) is 1.43. The maximum Gasteiger partial charge on any atom is 0.314 e. The summed E-state index contributed by atoms with van der Waals surface area (Å²) in [6.45, 7) is 9.58. The fraction of sp³-hybridized carbons (Fsp3) is 0.714. The number of urea groups is 1. The fourth-order valence-corrected chi connectivity index (χ4v) is 2.56. The molecule has 0 radical (unpaired) electrons. The zero-order valence-electron chi connectivity index (χ0n) is 13.3. The average molecular weight is 314 g/mol. The van der Waals surface area contributed by atoms with E-state index in [1.165, 1.54) is 0 Å². The van der Waals surface area contributed by atoms with Gasteiger partial charge in [-0.1, -0.05) is 0 Å². The summed E-state index contributed by atoms with van der Waals surface area (Å²) in [5.41, 5.74) is 1.13. The Kier molecular flexibility index (Phi) is 6.87. The van der Waals surface area contributed by atoms with E-state index in [4.69, 9.17) is 0 Å². The van der Waals surface area contributed by atoms with Crippen LogP contribution in [0.5, 0.6) is 0 Å². The van der Waals surface area contributed by atoms with Gasteiger partial charge in [-0.05, 0) is 39.7 Å². The largest absolute Gasteiger partial charge is 0.338 e. The molecule has 0 aromatic carbocycles. The van der Waals surface area contributed by atoms with E-state index in [1.807, 2.05) is 44.8 Å². The van der Waals surface area contributed by atoms with E-state index < -0.39 is 10.8 Å². The molecule has 1 aromatic rings.